The molecule has 4 rings (SSSR count). The number of nitrogens with zero attached hydrogens (tertiary/aromatic N) is 3. The van der Waals surface area contributed by atoms with Crippen molar-refractivity contribution < 1.29 is 27.1 Å². The van der Waals surface area contributed by atoms with E-state index in [1.54, 1.807) is 15.5 Å². The van der Waals surface area contributed by atoms with Gasteiger partial charge in [-0.2, -0.15) is 0 Å². The van der Waals surface area contributed by atoms with E-state index in [0.717, 1.165) is 25.7 Å². The number of halogens is 1. The van der Waals surface area contributed by atoms with E-state index >= 15 is 0 Å². The Hall–Kier alpha value is -2.50. The van der Waals surface area contributed by atoms with Crippen molar-refractivity contribution in [1.82, 2.24) is 19.8 Å². The van der Waals surface area contributed by atoms with Crippen molar-refractivity contribution in [3.8, 4) is 0 Å². The van der Waals surface area contributed by atoms with Crippen LogP contribution in [0.1, 0.15) is 43.9 Å². The number of carbonyl (C=O) groups is 1. The van der Waals surface area contributed by atoms with Crippen LogP contribution in [0, 0.1) is 5.82 Å². The summed E-state index contributed by atoms with van der Waals surface area (Å²) < 4.78 is 54.1. The highest BCUT2D eigenvalue weighted by Crippen LogP contribution is 2.24. The van der Waals surface area contributed by atoms with Crippen molar-refractivity contribution in [2.45, 2.75) is 68.8 Å². The molecule has 2 aliphatic rings. The molecule has 1 aromatic heterocycles. The molecular weight excluding hydrogens is 475 g/mol. The molecule has 0 unspecified atom stereocenters. The molecule has 1 N–H and O–H groups in total. The van der Waals surface area contributed by atoms with E-state index in [9.17, 15) is 17.6 Å². The van der Waals surface area contributed by atoms with E-state index in [2.05, 4.69) is 10.3 Å². The molecule has 2 aliphatic heterocycles. The second-order valence-corrected chi connectivity index (χ2v) is 10.9. The number of sulfone groups is 1. The Morgan fingerprint density at radius 2 is 1.91 bits per heavy atom. The largest absolute Gasteiger partial charge is 0.376 e. The Balaban J connectivity index is 1.64. The number of imidazole rings is 1. The van der Waals surface area contributed by atoms with Gasteiger partial charge >= 0.3 is 6.03 Å². The Bertz CT molecular complexity index is 1110. The molecule has 0 radical (unpaired) electrons. The van der Waals surface area contributed by atoms with Gasteiger partial charge in [0.25, 0.3) is 0 Å². The number of hydrogen-bond donors (Lipinski definition) is 1. The first-order valence-electron chi connectivity index (χ1n) is 12.1. The van der Waals surface area contributed by atoms with Gasteiger partial charge in [0, 0.05) is 31.9 Å². The molecule has 35 heavy (non-hydrogen) atoms. The van der Waals surface area contributed by atoms with Crippen molar-refractivity contribution in [3.63, 3.8) is 0 Å². The Labute approximate surface area is 205 Å². The summed E-state index contributed by atoms with van der Waals surface area (Å²) in [4.78, 5) is 18.7. The summed E-state index contributed by atoms with van der Waals surface area (Å²) in [6.07, 6.45) is 4.80. The van der Waals surface area contributed by atoms with E-state index in [-0.39, 0.29) is 35.5 Å². The third-order valence-electron chi connectivity index (χ3n) is 6.31. The maximum Gasteiger partial charge on any atom is 0.317 e. The first kappa shape index (κ1) is 25.6. The van der Waals surface area contributed by atoms with Crippen LogP contribution in [-0.4, -0.2) is 67.4 Å². The van der Waals surface area contributed by atoms with E-state index < -0.39 is 21.4 Å². The highest BCUT2D eigenvalue weighted by atomic mass is 32.2. The lowest BCUT2D eigenvalue weighted by Crippen LogP contribution is -2.43. The minimum Gasteiger partial charge on any atom is -0.376 e. The molecule has 1 aromatic carbocycles. The van der Waals surface area contributed by atoms with Gasteiger partial charge in [0.2, 0.25) is 15.0 Å². The molecule has 0 saturated carbocycles. The van der Waals surface area contributed by atoms with Gasteiger partial charge in [0.15, 0.2) is 0 Å². The second kappa shape index (κ2) is 11.5. The molecule has 2 atom stereocenters. The number of benzene rings is 1. The van der Waals surface area contributed by atoms with Gasteiger partial charge in [-0.05, 0) is 38.7 Å². The molecule has 2 aromatic rings. The fourth-order valence-corrected chi connectivity index (χ4v) is 6.06. The Kier molecular flexibility index (Phi) is 8.40. The zero-order valence-electron chi connectivity index (χ0n) is 20.0. The number of amides is 2. The number of urea groups is 1. The predicted molar refractivity (Wildman–Crippen MR) is 127 cm³/mol. The molecule has 0 spiro atoms. The smallest absolute Gasteiger partial charge is 0.317 e. The van der Waals surface area contributed by atoms with Crippen LogP contribution in [0.5, 0.6) is 0 Å². The van der Waals surface area contributed by atoms with E-state index in [0.29, 0.717) is 38.5 Å². The maximum atomic E-state index is 14.2. The number of hydrogen-bond acceptors (Lipinski definition) is 6. The zero-order chi connectivity index (χ0) is 24.8. The van der Waals surface area contributed by atoms with Crippen LogP contribution >= 0.6 is 0 Å². The lowest BCUT2D eigenvalue weighted by Gasteiger charge is -2.26. The van der Waals surface area contributed by atoms with Crippen LogP contribution in [0.15, 0.2) is 35.6 Å². The summed E-state index contributed by atoms with van der Waals surface area (Å²) >= 11 is 0. The molecule has 9 nitrogen and oxygen atoms in total. The highest BCUT2D eigenvalue weighted by molar-refractivity contribution is 7.90. The molecule has 2 saturated heterocycles. The van der Waals surface area contributed by atoms with Gasteiger partial charge in [-0.25, -0.2) is 22.6 Å². The highest BCUT2D eigenvalue weighted by Gasteiger charge is 2.30. The summed E-state index contributed by atoms with van der Waals surface area (Å²) in [6.45, 7) is 4.47. The predicted octanol–water partition coefficient (Wildman–Crippen LogP) is 2.89. The molecule has 2 amide bonds. The molecule has 0 bridgehead atoms. The lowest BCUT2D eigenvalue weighted by molar-refractivity contribution is 0.0772. The molecule has 11 heteroatoms. The lowest BCUT2D eigenvalue weighted by atomic mass is 10.2. The van der Waals surface area contributed by atoms with Crippen LogP contribution in [0.2, 0.25) is 0 Å². The summed E-state index contributed by atoms with van der Waals surface area (Å²) in [5, 5.41) is 2.69. The Morgan fingerprint density at radius 1 is 1.20 bits per heavy atom. The van der Waals surface area contributed by atoms with Gasteiger partial charge in [0.05, 0.1) is 42.9 Å². The standard InChI is InChI=1S/C24H33FN4O5S/c1-2-26-23(30)28(15-20-8-5-11-33-20)14-19-13-27-24(29(19)16-21-9-6-12-34-21)35(31,32)17-18-7-3-4-10-22(18)25/h3-4,7,10,13,20-21H,2,5-6,8-9,11-12,14-17H2,1H3,(H,26,30)/t20-,21-/m0/s1. The summed E-state index contributed by atoms with van der Waals surface area (Å²) in [6, 6.07) is 5.58. The van der Waals surface area contributed by atoms with Crippen molar-refractivity contribution >= 4 is 15.9 Å². The maximum absolute atomic E-state index is 14.2. The SMILES string of the molecule is CCNC(=O)N(Cc1cnc(S(=O)(=O)Cc2ccccc2F)n1C[C@@H]1CCCO1)C[C@@H]1CCCO1. The Morgan fingerprint density at radius 3 is 2.57 bits per heavy atom. The molecular formula is C24H33FN4O5S. The molecule has 2 fully saturated rings. The average molecular weight is 509 g/mol. The van der Waals surface area contributed by atoms with Crippen LogP contribution in [-0.2, 0) is 38.2 Å². The molecule has 0 aliphatic carbocycles. The number of ether oxygens (including phenoxy) is 2. The first-order valence-corrected chi connectivity index (χ1v) is 13.8. The van der Waals surface area contributed by atoms with Crippen molar-refractivity contribution in [3.05, 3.63) is 47.5 Å². The van der Waals surface area contributed by atoms with Crippen LogP contribution in [0.25, 0.3) is 0 Å². The van der Waals surface area contributed by atoms with Crippen LogP contribution < -0.4 is 5.32 Å². The number of aromatic nitrogens is 2. The van der Waals surface area contributed by atoms with Crippen molar-refractivity contribution in [1.29, 1.82) is 0 Å². The minimum atomic E-state index is -3.96. The summed E-state index contributed by atoms with van der Waals surface area (Å²) in [5.74, 6) is -1.08. The number of nitrogens with one attached hydrogen (secondary N) is 1. The minimum absolute atomic E-state index is 0.0589. The monoisotopic (exact) mass is 508 g/mol. The van der Waals surface area contributed by atoms with E-state index in [4.69, 9.17) is 9.47 Å². The van der Waals surface area contributed by atoms with Crippen LogP contribution in [0.4, 0.5) is 9.18 Å². The fourth-order valence-electron chi connectivity index (χ4n) is 4.55. The number of carbonyl (C=O) groups excluding carboxylic acids is 1. The third-order valence-corrected chi connectivity index (χ3v) is 7.88. The number of rotatable bonds is 10. The van der Waals surface area contributed by atoms with Crippen LogP contribution in [0.3, 0.4) is 0 Å². The normalized spacial score (nSPS) is 20.3. The molecule has 192 valence electrons. The molecule has 3 heterocycles. The van der Waals surface area contributed by atoms with Crippen molar-refractivity contribution in [2.75, 3.05) is 26.3 Å². The van der Waals surface area contributed by atoms with Gasteiger partial charge in [-0.1, -0.05) is 18.2 Å². The fraction of sp³-hybridized carbons (Fsp3) is 0.583. The quantitative estimate of drug-likeness (QED) is 0.530. The second-order valence-electron chi connectivity index (χ2n) is 8.98. The first-order chi connectivity index (χ1) is 16.9. The van der Waals surface area contributed by atoms with Gasteiger partial charge in [-0.15, -0.1) is 0 Å². The van der Waals surface area contributed by atoms with Gasteiger partial charge < -0.3 is 24.3 Å². The topological polar surface area (TPSA) is 103 Å². The summed E-state index contributed by atoms with van der Waals surface area (Å²) in [5.41, 5.74) is 0.667. The van der Waals surface area contributed by atoms with Crippen molar-refractivity contribution in [2.24, 2.45) is 0 Å². The average Bonchev–Trinajstić information content (AvgIpc) is 3.59. The van der Waals surface area contributed by atoms with Gasteiger partial charge in [-0.3, -0.25) is 0 Å². The van der Waals surface area contributed by atoms with E-state index in [1.807, 2.05) is 6.92 Å². The van der Waals surface area contributed by atoms with E-state index in [1.165, 1.54) is 24.4 Å². The van der Waals surface area contributed by atoms with Gasteiger partial charge in [0.1, 0.15) is 5.82 Å². The summed E-state index contributed by atoms with van der Waals surface area (Å²) in [7, 11) is -3.96. The third kappa shape index (κ3) is 6.39. The zero-order valence-corrected chi connectivity index (χ0v) is 20.8.